The molecule has 4 nitrogen and oxygen atoms in total. The number of thiazole rings is 1. The molecular weight excluding hydrogens is 248 g/mol. The Bertz CT molecular complexity index is 417. The number of aliphatic carboxylic acids is 1. The average Bonchev–Trinajstić information content (AvgIpc) is 2.63. The summed E-state index contributed by atoms with van der Waals surface area (Å²) in [7, 11) is 0. The van der Waals surface area contributed by atoms with Crippen LogP contribution < -0.4 is 0 Å². The average molecular weight is 270 g/mol. The van der Waals surface area contributed by atoms with Crippen molar-refractivity contribution >= 4 is 17.3 Å². The first-order chi connectivity index (χ1) is 8.36. The Morgan fingerprint density at radius 2 is 2.06 bits per heavy atom. The molecule has 0 aliphatic heterocycles. The van der Waals surface area contributed by atoms with Crippen LogP contribution in [0.3, 0.4) is 0 Å². The lowest BCUT2D eigenvalue weighted by Crippen LogP contribution is -2.34. The summed E-state index contributed by atoms with van der Waals surface area (Å²) < 4.78 is 0. The minimum atomic E-state index is -0.744. The van der Waals surface area contributed by atoms with Gasteiger partial charge in [0.15, 0.2) is 0 Å². The Labute approximate surface area is 113 Å². The molecule has 0 aromatic carbocycles. The summed E-state index contributed by atoms with van der Waals surface area (Å²) in [6.45, 7) is 11.4. The third-order valence-corrected chi connectivity index (χ3v) is 4.12. The maximum Gasteiger partial charge on any atom is 0.307 e. The fourth-order valence-electron chi connectivity index (χ4n) is 2.10. The van der Waals surface area contributed by atoms with Crippen LogP contribution in [-0.4, -0.2) is 34.0 Å². The van der Waals surface area contributed by atoms with E-state index in [0.29, 0.717) is 6.54 Å². The van der Waals surface area contributed by atoms with Crippen molar-refractivity contribution in [1.29, 1.82) is 0 Å². The van der Waals surface area contributed by atoms with Crippen LogP contribution in [0, 0.1) is 19.8 Å². The second kappa shape index (κ2) is 6.29. The molecule has 0 aliphatic carbocycles. The molecule has 0 aliphatic rings. The molecule has 2 unspecified atom stereocenters. The quantitative estimate of drug-likeness (QED) is 0.863. The fraction of sp³-hybridized carbons (Fsp3) is 0.692. The van der Waals surface area contributed by atoms with Gasteiger partial charge in [-0.1, -0.05) is 13.8 Å². The van der Waals surface area contributed by atoms with E-state index in [1.165, 1.54) is 4.88 Å². The van der Waals surface area contributed by atoms with Crippen molar-refractivity contribution in [2.75, 3.05) is 13.1 Å². The highest BCUT2D eigenvalue weighted by Crippen LogP contribution is 2.27. The fourth-order valence-corrected chi connectivity index (χ4v) is 3.00. The second-order valence-corrected chi connectivity index (χ2v) is 6.08. The maximum atomic E-state index is 10.9. The summed E-state index contributed by atoms with van der Waals surface area (Å²) in [6, 6.07) is 0.168. The highest BCUT2D eigenvalue weighted by atomic mass is 32.1. The minimum Gasteiger partial charge on any atom is -0.481 e. The van der Waals surface area contributed by atoms with Crippen molar-refractivity contribution in [3.63, 3.8) is 0 Å². The summed E-state index contributed by atoms with van der Waals surface area (Å²) in [5.74, 6) is -1.10. The Balaban J connectivity index is 2.82. The third-order valence-electron chi connectivity index (χ3n) is 3.22. The highest BCUT2D eigenvalue weighted by Gasteiger charge is 2.23. The van der Waals surface area contributed by atoms with Crippen LogP contribution in [0.4, 0.5) is 0 Å². The first-order valence-corrected chi connectivity index (χ1v) is 7.09. The van der Waals surface area contributed by atoms with E-state index in [9.17, 15) is 4.79 Å². The van der Waals surface area contributed by atoms with Crippen LogP contribution in [0.15, 0.2) is 0 Å². The number of hydrogen-bond acceptors (Lipinski definition) is 4. The Hall–Kier alpha value is -0.940. The van der Waals surface area contributed by atoms with Crippen LogP contribution in [0.2, 0.25) is 0 Å². The van der Waals surface area contributed by atoms with Crippen LogP contribution >= 0.6 is 11.3 Å². The molecule has 1 heterocycles. The third kappa shape index (κ3) is 3.53. The van der Waals surface area contributed by atoms with Gasteiger partial charge in [0.25, 0.3) is 0 Å². The van der Waals surface area contributed by atoms with Crippen LogP contribution in [0.25, 0.3) is 0 Å². The standard InChI is InChI=1S/C13H22N2O2S/c1-6-15(7-8(2)13(16)17)9(3)12-10(4)18-11(5)14-12/h8-9H,6-7H2,1-5H3,(H,16,17). The van der Waals surface area contributed by atoms with Gasteiger partial charge in [-0.05, 0) is 27.3 Å². The molecule has 0 amide bonds. The molecule has 0 fully saturated rings. The molecule has 0 spiro atoms. The van der Waals surface area contributed by atoms with Gasteiger partial charge in [-0.3, -0.25) is 9.69 Å². The number of hydrogen-bond donors (Lipinski definition) is 1. The van der Waals surface area contributed by atoms with Gasteiger partial charge in [-0.2, -0.15) is 0 Å². The molecule has 0 saturated heterocycles. The number of aromatic nitrogens is 1. The van der Waals surface area contributed by atoms with Gasteiger partial charge in [0.05, 0.1) is 22.7 Å². The smallest absolute Gasteiger partial charge is 0.307 e. The normalized spacial score (nSPS) is 14.8. The lowest BCUT2D eigenvalue weighted by molar-refractivity contribution is -0.141. The van der Waals surface area contributed by atoms with Crippen LogP contribution in [0.1, 0.15) is 42.4 Å². The van der Waals surface area contributed by atoms with Crippen molar-refractivity contribution in [1.82, 2.24) is 9.88 Å². The minimum absolute atomic E-state index is 0.168. The Morgan fingerprint density at radius 3 is 2.44 bits per heavy atom. The van der Waals surface area contributed by atoms with E-state index in [2.05, 4.69) is 30.7 Å². The molecule has 0 radical (unpaired) electrons. The first kappa shape index (κ1) is 15.1. The number of carbonyl (C=O) groups is 1. The van der Waals surface area contributed by atoms with E-state index in [4.69, 9.17) is 5.11 Å². The van der Waals surface area contributed by atoms with Gasteiger partial charge >= 0.3 is 5.97 Å². The van der Waals surface area contributed by atoms with Gasteiger partial charge in [-0.15, -0.1) is 11.3 Å². The molecule has 1 aromatic rings. The molecule has 1 aromatic heterocycles. The zero-order valence-corrected chi connectivity index (χ0v) is 12.5. The van der Waals surface area contributed by atoms with E-state index < -0.39 is 5.97 Å². The number of nitrogens with zero attached hydrogens (tertiary/aromatic N) is 2. The number of carboxylic acids is 1. The maximum absolute atomic E-state index is 10.9. The van der Waals surface area contributed by atoms with Crippen molar-refractivity contribution in [3.8, 4) is 0 Å². The summed E-state index contributed by atoms with van der Waals surface area (Å²) in [4.78, 5) is 18.9. The number of carboxylic acid groups (broad SMARTS) is 1. The highest BCUT2D eigenvalue weighted by molar-refractivity contribution is 7.11. The number of aryl methyl sites for hydroxylation is 2. The van der Waals surface area contributed by atoms with Gasteiger partial charge in [0, 0.05) is 11.4 Å². The molecule has 102 valence electrons. The molecular formula is C13H22N2O2S. The zero-order valence-electron chi connectivity index (χ0n) is 11.7. The topological polar surface area (TPSA) is 53.4 Å². The van der Waals surface area contributed by atoms with E-state index in [1.54, 1.807) is 18.3 Å². The van der Waals surface area contributed by atoms with E-state index in [1.807, 2.05) is 6.92 Å². The lowest BCUT2D eigenvalue weighted by atomic mass is 10.1. The first-order valence-electron chi connectivity index (χ1n) is 6.27. The van der Waals surface area contributed by atoms with Crippen molar-refractivity contribution in [3.05, 3.63) is 15.6 Å². The summed E-state index contributed by atoms with van der Waals surface area (Å²) in [5.41, 5.74) is 1.08. The monoisotopic (exact) mass is 270 g/mol. The SMILES string of the molecule is CCN(CC(C)C(=O)O)C(C)c1nc(C)sc1C. The van der Waals surface area contributed by atoms with E-state index in [-0.39, 0.29) is 12.0 Å². The van der Waals surface area contributed by atoms with Crippen molar-refractivity contribution < 1.29 is 9.90 Å². The van der Waals surface area contributed by atoms with Crippen LogP contribution in [0.5, 0.6) is 0 Å². The van der Waals surface area contributed by atoms with Gasteiger partial charge < -0.3 is 5.11 Å². The summed E-state index contributed by atoms with van der Waals surface area (Å²) >= 11 is 1.70. The molecule has 2 atom stereocenters. The zero-order chi connectivity index (χ0) is 13.9. The molecule has 0 bridgehead atoms. The van der Waals surface area contributed by atoms with E-state index >= 15 is 0 Å². The predicted octanol–water partition coefficient (Wildman–Crippen LogP) is 2.86. The van der Waals surface area contributed by atoms with Gasteiger partial charge in [-0.25, -0.2) is 4.98 Å². The van der Waals surface area contributed by atoms with Gasteiger partial charge in [0.2, 0.25) is 0 Å². The van der Waals surface area contributed by atoms with Crippen molar-refractivity contribution in [2.45, 2.75) is 40.7 Å². The molecule has 0 saturated carbocycles. The second-order valence-electron chi connectivity index (χ2n) is 4.68. The van der Waals surface area contributed by atoms with Crippen molar-refractivity contribution in [2.24, 2.45) is 5.92 Å². The number of rotatable bonds is 6. The lowest BCUT2D eigenvalue weighted by Gasteiger charge is -2.28. The molecule has 5 heteroatoms. The summed E-state index contributed by atoms with van der Waals surface area (Å²) in [6.07, 6.45) is 0. The predicted molar refractivity (Wildman–Crippen MR) is 74.0 cm³/mol. The largest absolute Gasteiger partial charge is 0.481 e. The van der Waals surface area contributed by atoms with Crippen LogP contribution in [-0.2, 0) is 4.79 Å². The van der Waals surface area contributed by atoms with Gasteiger partial charge in [0.1, 0.15) is 0 Å². The molecule has 1 N–H and O–H groups in total. The Morgan fingerprint density at radius 1 is 1.44 bits per heavy atom. The van der Waals surface area contributed by atoms with E-state index in [0.717, 1.165) is 17.2 Å². The molecule has 18 heavy (non-hydrogen) atoms. The molecule has 1 rings (SSSR count). The Kier molecular flexibility index (Phi) is 5.28. The summed E-state index contributed by atoms with van der Waals surface area (Å²) in [5, 5.41) is 10.1.